The highest BCUT2D eigenvalue weighted by Gasteiger charge is 2.21. The number of aromatic nitrogens is 2. The highest BCUT2D eigenvalue weighted by atomic mass is 16.1. The Bertz CT molecular complexity index is 630. The van der Waals surface area contributed by atoms with Gasteiger partial charge >= 0.3 is 0 Å². The lowest BCUT2D eigenvalue weighted by molar-refractivity contribution is 0.102. The monoisotopic (exact) mass is 269 g/mol. The van der Waals surface area contributed by atoms with E-state index in [1.807, 2.05) is 24.3 Å². The number of anilines is 1. The topological polar surface area (TPSA) is 57.8 Å². The molecule has 1 aliphatic rings. The molecule has 4 heteroatoms. The highest BCUT2D eigenvalue weighted by Crippen LogP contribution is 2.23. The van der Waals surface area contributed by atoms with E-state index in [1.165, 1.54) is 6.42 Å². The van der Waals surface area contributed by atoms with Gasteiger partial charge in [0.1, 0.15) is 0 Å². The van der Waals surface area contributed by atoms with Crippen molar-refractivity contribution in [2.24, 2.45) is 0 Å². The zero-order valence-corrected chi connectivity index (χ0v) is 11.7. The van der Waals surface area contributed by atoms with Crippen LogP contribution in [0.3, 0.4) is 0 Å². The summed E-state index contributed by atoms with van der Waals surface area (Å²) in [7, 11) is 0. The fourth-order valence-electron chi connectivity index (χ4n) is 2.80. The first-order valence-corrected chi connectivity index (χ1v) is 7.25. The standard InChI is InChI=1S/C16H19N3O/c1-2-11-7-3-5-9-13(11)17-16(20)15-12-8-4-6-10-14(12)18-19-15/h3,5,7,9H,2,4,6,8,10H2,1H3,(H,17,20)(H,18,19). The number of aromatic amines is 1. The Morgan fingerprint density at radius 2 is 2.10 bits per heavy atom. The third kappa shape index (κ3) is 2.33. The van der Waals surface area contributed by atoms with Crippen molar-refractivity contribution in [1.82, 2.24) is 10.2 Å². The van der Waals surface area contributed by atoms with Crippen molar-refractivity contribution in [2.75, 3.05) is 5.32 Å². The summed E-state index contributed by atoms with van der Waals surface area (Å²) in [6.45, 7) is 2.08. The number of hydrogen-bond acceptors (Lipinski definition) is 2. The summed E-state index contributed by atoms with van der Waals surface area (Å²) in [5.41, 5.74) is 4.82. The maximum atomic E-state index is 12.4. The van der Waals surface area contributed by atoms with Crippen molar-refractivity contribution in [3.8, 4) is 0 Å². The van der Waals surface area contributed by atoms with Crippen LogP contribution in [0.1, 0.15) is 47.1 Å². The maximum absolute atomic E-state index is 12.4. The quantitative estimate of drug-likeness (QED) is 0.899. The van der Waals surface area contributed by atoms with E-state index in [-0.39, 0.29) is 5.91 Å². The van der Waals surface area contributed by atoms with Crippen molar-refractivity contribution >= 4 is 11.6 Å². The molecular formula is C16H19N3O. The SMILES string of the molecule is CCc1ccccc1NC(=O)c1n[nH]c2c1CCCC2. The van der Waals surface area contributed by atoms with Gasteiger partial charge in [0.25, 0.3) is 5.91 Å². The maximum Gasteiger partial charge on any atom is 0.276 e. The first kappa shape index (κ1) is 12.9. The fourth-order valence-corrected chi connectivity index (χ4v) is 2.80. The minimum atomic E-state index is -0.106. The molecule has 4 nitrogen and oxygen atoms in total. The van der Waals surface area contributed by atoms with E-state index < -0.39 is 0 Å². The molecule has 2 aromatic rings. The van der Waals surface area contributed by atoms with Crippen LogP contribution < -0.4 is 5.32 Å². The van der Waals surface area contributed by atoms with Crippen LogP contribution in [0, 0.1) is 0 Å². The highest BCUT2D eigenvalue weighted by molar-refractivity contribution is 6.04. The van der Waals surface area contributed by atoms with Gasteiger partial charge in [-0.2, -0.15) is 5.10 Å². The second-order valence-electron chi connectivity index (χ2n) is 5.20. The van der Waals surface area contributed by atoms with Crippen LogP contribution in [0.25, 0.3) is 0 Å². The Kier molecular flexibility index (Phi) is 3.54. The Labute approximate surface area is 118 Å². The lowest BCUT2D eigenvalue weighted by atomic mass is 9.95. The molecule has 0 spiro atoms. The molecule has 2 N–H and O–H groups in total. The van der Waals surface area contributed by atoms with Crippen LogP contribution in [0.2, 0.25) is 0 Å². The predicted molar refractivity (Wildman–Crippen MR) is 79.0 cm³/mol. The molecule has 1 aromatic carbocycles. The second-order valence-corrected chi connectivity index (χ2v) is 5.20. The average molecular weight is 269 g/mol. The molecule has 0 fully saturated rings. The van der Waals surface area contributed by atoms with Gasteiger partial charge < -0.3 is 5.32 Å². The number of nitrogens with one attached hydrogen (secondary N) is 2. The molecule has 3 rings (SSSR count). The van der Waals surface area contributed by atoms with Gasteiger partial charge in [0.2, 0.25) is 0 Å². The first-order chi connectivity index (χ1) is 9.79. The van der Waals surface area contributed by atoms with Crippen LogP contribution >= 0.6 is 0 Å². The number of para-hydroxylation sites is 1. The second kappa shape index (κ2) is 5.49. The van der Waals surface area contributed by atoms with Gasteiger partial charge in [0, 0.05) is 16.9 Å². The zero-order chi connectivity index (χ0) is 13.9. The van der Waals surface area contributed by atoms with E-state index in [9.17, 15) is 4.79 Å². The molecule has 0 saturated carbocycles. The minimum absolute atomic E-state index is 0.106. The molecule has 1 amide bonds. The number of carbonyl (C=O) groups excluding carboxylic acids is 1. The summed E-state index contributed by atoms with van der Waals surface area (Å²) < 4.78 is 0. The van der Waals surface area contributed by atoms with Crippen molar-refractivity contribution in [3.63, 3.8) is 0 Å². The van der Waals surface area contributed by atoms with Crippen molar-refractivity contribution < 1.29 is 4.79 Å². The molecule has 0 atom stereocenters. The summed E-state index contributed by atoms with van der Waals surface area (Å²) in [5.74, 6) is -0.106. The normalized spacial score (nSPS) is 13.8. The molecule has 0 bridgehead atoms. The Balaban J connectivity index is 1.85. The fraction of sp³-hybridized carbons (Fsp3) is 0.375. The molecule has 0 unspecified atom stereocenters. The molecular weight excluding hydrogens is 250 g/mol. The molecule has 1 heterocycles. The van der Waals surface area contributed by atoms with E-state index in [4.69, 9.17) is 0 Å². The number of fused-ring (bicyclic) bond motifs is 1. The van der Waals surface area contributed by atoms with E-state index in [0.29, 0.717) is 5.69 Å². The number of carbonyl (C=O) groups is 1. The molecule has 20 heavy (non-hydrogen) atoms. The van der Waals surface area contributed by atoms with E-state index in [2.05, 4.69) is 22.4 Å². The summed E-state index contributed by atoms with van der Waals surface area (Å²) in [6, 6.07) is 7.91. The van der Waals surface area contributed by atoms with Crippen LogP contribution in [0.5, 0.6) is 0 Å². The van der Waals surface area contributed by atoms with Crippen LogP contribution in [0.15, 0.2) is 24.3 Å². The average Bonchev–Trinajstić information content (AvgIpc) is 2.92. The number of benzene rings is 1. The van der Waals surface area contributed by atoms with Crippen LogP contribution in [-0.2, 0) is 19.3 Å². The third-order valence-corrected chi connectivity index (χ3v) is 3.92. The minimum Gasteiger partial charge on any atom is -0.320 e. The van der Waals surface area contributed by atoms with Gasteiger partial charge in [-0.15, -0.1) is 0 Å². The zero-order valence-electron chi connectivity index (χ0n) is 11.7. The summed E-state index contributed by atoms with van der Waals surface area (Å²) >= 11 is 0. The predicted octanol–water partition coefficient (Wildman–Crippen LogP) is 3.10. The van der Waals surface area contributed by atoms with E-state index in [1.54, 1.807) is 0 Å². The Morgan fingerprint density at radius 1 is 1.30 bits per heavy atom. The van der Waals surface area contributed by atoms with Gasteiger partial charge in [-0.1, -0.05) is 25.1 Å². The van der Waals surface area contributed by atoms with Crippen molar-refractivity contribution in [3.05, 3.63) is 46.8 Å². The largest absolute Gasteiger partial charge is 0.320 e. The van der Waals surface area contributed by atoms with Crippen LogP contribution in [-0.4, -0.2) is 16.1 Å². The van der Waals surface area contributed by atoms with Crippen LogP contribution in [0.4, 0.5) is 5.69 Å². The summed E-state index contributed by atoms with van der Waals surface area (Å²) in [5, 5.41) is 10.2. The van der Waals surface area contributed by atoms with Gasteiger partial charge in [0.05, 0.1) is 0 Å². The van der Waals surface area contributed by atoms with E-state index >= 15 is 0 Å². The van der Waals surface area contributed by atoms with Gasteiger partial charge in [0.15, 0.2) is 5.69 Å². The number of hydrogen-bond donors (Lipinski definition) is 2. The molecule has 0 aliphatic heterocycles. The molecule has 1 aliphatic carbocycles. The third-order valence-electron chi connectivity index (χ3n) is 3.92. The van der Waals surface area contributed by atoms with Gasteiger partial charge in [-0.05, 0) is 43.7 Å². The number of amides is 1. The summed E-state index contributed by atoms with van der Waals surface area (Å²) in [4.78, 5) is 12.4. The smallest absolute Gasteiger partial charge is 0.276 e. The lowest BCUT2D eigenvalue weighted by Crippen LogP contribution is -2.16. The van der Waals surface area contributed by atoms with Gasteiger partial charge in [-0.3, -0.25) is 9.89 Å². The van der Waals surface area contributed by atoms with E-state index in [0.717, 1.165) is 48.2 Å². The number of H-pyrrole nitrogens is 1. The molecule has 1 aromatic heterocycles. The number of rotatable bonds is 3. The van der Waals surface area contributed by atoms with Crippen molar-refractivity contribution in [1.29, 1.82) is 0 Å². The molecule has 0 radical (unpaired) electrons. The van der Waals surface area contributed by atoms with Gasteiger partial charge in [-0.25, -0.2) is 0 Å². The first-order valence-electron chi connectivity index (χ1n) is 7.25. The summed E-state index contributed by atoms with van der Waals surface area (Å²) in [6.07, 6.45) is 5.16. The number of aryl methyl sites for hydroxylation is 2. The Morgan fingerprint density at radius 3 is 2.95 bits per heavy atom. The van der Waals surface area contributed by atoms with Crippen molar-refractivity contribution in [2.45, 2.75) is 39.0 Å². The molecule has 104 valence electrons. The number of nitrogens with zero attached hydrogens (tertiary/aromatic N) is 1. The lowest BCUT2D eigenvalue weighted by Gasteiger charge is -2.12. The Hall–Kier alpha value is -2.10. The molecule has 0 saturated heterocycles.